The second-order valence-electron chi connectivity index (χ2n) is 8.98. The van der Waals surface area contributed by atoms with E-state index in [0.717, 1.165) is 52.3 Å². The van der Waals surface area contributed by atoms with Gasteiger partial charge in [0.15, 0.2) is 0 Å². The normalized spacial score (nSPS) is 11.1. The number of aromatic nitrogens is 4. The number of carbonyl (C=O) groups excluding carboxylic acids is 1. The highest BCUT2D eigenvalue weighted by molar-refractivity contribution is 6.02. The van der Waals surface area contributed by atoms with E-state index in [2.05, 4.69) is 37.1 Å². The fraction of sp³-hybridized carbons (Fsp3) is 0.259. The lowest BCUT2D eigenvalue weighted by Gasteiger charge is -2.25. The number of likely N-dealkylation sites (N-methyl/N-ethyl adjacent to an activating group) is 2. The van der Waals surface area contributed by atoms with Gasteiger partial charge in [-0.15, -0.1) is 0 Å². The zero-order valence-corrected chi connectivity index (χ0v) is 21.4. The molecule has 1 amide bonds. The van der Waals surface area contributed by atoms with Crippen molar-refractivity contribution in [1.82, 2.24) is 24.6 Å². The molecule has 0 fully saturated rings. The molecule has 2 aromatic carbocycles. The van der Waals surface area contributed by atoms with Crippen molar-refractivity contribution in [3.8, 4) is 11.4 Å². The number of nitrogens with zero attached hydrogens (tertiary/aromatic N) is 6. The molecule has 0 saturated heterocycles. The van der Waals surface area contributed by atoms with E-state index >= 15 is 0 Å². The molecule has 2 heterocycles. The van der Waals surface area contributed by atoms with Gasteiger partial charge in [0.25, 0.3) is 0 Å². The summed E-state index contributed by atoms with van der Waals surface area (Å²) in [5, 5.41) is 12.0. The Morgan fingerprint density at radius 3 is 2.64 bits per heavy atom. The van der Waals surface area contributed by atoms with Crippen LogP contribution in [0.1, 0.15) is 5.56 Å². The van der Waals surface area contributed by atoms with E-state index in [4.69, 9.17) is 4.98 Å². The second-order valence-corrected chi connectivity index (χ2v) is 8.98. The molecule has 186 valence electrons. The van der Waals surface area contributed by atoms with Crippen molar-refractivity contribution in [2.24, 2.45) is 7.05 Å². The molecule has 0 spiro atoms. The summed E-state index contributed by atoms with van der Waals surface area (Å²) in [5.74, 6) is 0.174. The number of anilines is 4. The molecule has 2 N–H and O–H groups in total. The van der Waals surface area contributed by atoms with E-state index in [1.165, 1.54) is 6.08 Å². The predicted molar refractivity (Wildman–Crippen MR) is 147 cm³/mol. The van der Waals surface area contributed by atoms with Crippen LogP contribution in [-0.4, -0.2) is 64.8 Å². The number of para-hydroxylation sites is 1. The first-order valence-corrected chi connectivity index (χ1v) is 11.7. The zero-order chi connectivity index (χ0) is 25.8. The summed E-state index contributed by atoms with van der Waals surface area (Å²) >= 11 is 0. The van der Waals surface area contributed by atoms with Gasteiger partial charge in [-0.1, -0.05) is 24.8 Å². The molecule has 0 aliphatic rings. The van der Waals surface area contributed by atoms with Gasteiger partial charge in [-0.2, -0.15) is 5.10 Å². The van der Waals surface area contributed by atoms with Gasteiger partial charge in [0.2, 0.25) is 11.9 Å². The fourth-order valence-electron chi connectivity index (χ4n) is 3.97. The van der Waals surface area contributed by atoms with Gasteiger partial charge in [0.1, 0.15) is 5.69 Å². The second kappa shape index (κ2) is 10.6. The molecule has 0 aliphatic carbocycles. The summed E-state index contributed by atoms with van der Waals surface area (Å²) in [4.78, 5) is 25.6. The molecular formula is C27H32N8O. The largest absolute Gasteiger partial charge is 0.372 e. The minimum absolute atomic E-state index is 0.271. The average molecular weight is 485 g/mol. The van der Waals surface area contributed by atoms with Crippen molar-refractivity contribution in [3.63, 3.8) is 0 Å². The van der Waals surface area contributed by atoms with Crippen LogP contribution in [0.25, 0.3) is 22.3 Å². The van der Waals surface area contributed by atoms with Crippen LogP contribution >= 0.6 is 0 Å². The third kappa shape index (κ3) is 5.36. The maximum Gasteiger partial charge on any atom is 0.247 e. The summed E-state index contributed by atoms with van der Waals surface area (Å²) in [6.45, 7) is 7.29. The summed E-state index contributed by atoms with van der Waals surface area (Å²) in [5.41, 5.74) is 5.95. The number of amides is 1. The lowest BCUT2D eigenvalue weighted by molar-refractivity contribution is -0.111. The van der Waals surface area contributed by atoms with Crippen LogP contribution in [0.2, 0.25) is 0 Å². The Bertz CT molecular complexity index is 1410. The molecule has 0 aliphatic heterocycles. The number of carbonyl (C=O) groups is 1. The predicted octanol–water partition coefficient (Wildman–Crippen LogP) is 4.20. The monoisotopic (exact) mass is 484 g/mol. The van der Waals surface area contributed by atoms with Gasteiger partial charge in [0.05, 0.1) is 22.6 Å². The number of aryl methyl sites for hydroxylation is 2. The SMILES string of the molecule is C=CC(=O)Nc1cc(Nc2nccc(-c3nn(C)c4ccccc34)n2)c(C)cc1N(C)CCN(C)C. The zero-order valence-electron chi connectivity index (χ0n) is 21.4. The standard InChI is InChI=1S/C27H32N8O/c1-7-25(36)29-22-17-21(18(2)16-24(22)34(5)15-14-33(3)4)31-27-28-13-12-20(30-27)26-19-10-8-9-11-23(19)35(6)32-26/h7-13,16-17H,1,14-15H2,2-6H3,(H,29,36)(H,28,30,31). The molecule has 2 aromatic heterocycles. The molecule has 4 aromatic rings. The highest BCUT2D eigenvalue weighted by Gasteiger charge is 2.16. The van der Waals surface area contributed by atoms with Crippen LogP contribution < -0.4 is 15.5 Å². The summed E-state index contributed by atoms with van der Waals surface area (Å²) in [6, 6.07) is 13.9. The van der Waals surface area contributed by atoms with E-state index in [1.807, 2.05) is 82.3 Å². The number of rotatable bonds is 9. The molecule has 0 radical (unpaired) electrons. The van der Waals surface area contributed by atoms with Gasteiger partial charge in [-0.25, -0.2) is 9.97 Å². The quantitative estimate of drug-likeness (QED) is 0.344. The molecule has 36 heavy (non-hydrogen) atoms. The Balaban J connectivity index is 1.67. The number of benzene rings is 2. The Morgan fingerprint density at radius 2 is 1.89 bits per heavy atom. The topological polar surface area (TPSA) is 91.2 Å². The molecule has 9 nitrogen and oxygen atoms in total. The molecule has 0 saturated carbocycles. The van der Waals surface area contributed by atoms with Crippen molar-refractivity contribution < 1.29 is 4.79 Å². The van der Waals surface area contributed by atoms with Gasteiger partial charge < -0.3 is 20.4 Å². The van der Waals surface area contributed by atoms with Crippen LogP contribution in [0.4, 0.5) is 23.0 Å². The number of hydrogen-bond acceptors (Lipinski definition) is 7. The molecular weight excluding hydrogens is 452 g/mol. The van der Waals surface area contributed by atoms with Crippen LogP contribution in [0, 0.1) is 6.92 Å². The van der Waals surface area contributed by atoms with Gasteiger partial charge in [0, 0.05) is 44.5 Å². The van der Waals surface area contributed by atoms with Crippen molar-refractivity contribution in [3.05, 3.63) is 66.9 Å². The molecule has 4 rings (SSSR count). The summed E-state index contributed by atoms with van der Waals surface area (Å²) < 4.78 is 1.85. The fourth-order valence-corrected chi connectivity index (χ4v) is 3.97. The minimum Gasteiger partial charge on any atom is -0.372 e. The van der Waals surface area contributed by atoms with Crippen molar-refractivity contribution in [1.29, 1.82) is 0 Å². The van der Waals surface area contributed by atoms with Crippen molar-refractivity contribution in [2.45, 2.75) is 6.92 Å². The molecule has 9 heteroatoms. The molecule has 0 unspecified atom stereocenters. The minimum atomic E-state index is -0.271. The first kappa shape index (κ1) is 24.9. The van der Waals surface area contributed by atoms with Gasteiger partial charge >= 0.3 is 0 Å². The lowest BCUT2D eigenvalue weighted by atomic mass is 10.1. The van der Waals surface area contributed by atoms with Gasteiger partial charge in [-0.3, -0.25) is 9.48 Å². The van der Waals surface area contributed by atoms with E-state index in [0.29, 0.717) is 11.6 Å². The molecule has 0 bridgehead atoms. The van der Waals surface area contributed by atoms with Crippen molar-refractivity contribution in [2.75, 3.05) is 49.8 Å². The van der Waals surface area contributed by atoms with Crippen molar-refractivity contribution >= 4 is 39.8 Å². The number of nitrogens with one attached hydrogen (secondary N) is 2. The van der Waals surface area contributed by atoms with E-state index in [1.54, 1.807) is 6.20 Å². The first-order valence-electron chi connectivity index (χ1n) is 11.7. The maximum atomic E-state index is 12.2. The van der Waals surface area contributed by atoms with E-state index in [9.17, 15) is 4.79 Å². The van der Waals surface area contributed by atoms with Gasteiger partial charge in [-0.05, 0) is 56.9 Å². The Morgan fingerprint density at radius 1 is 1.11 bits per heavy atom. The number of fused-ring (bicyclic) bond motifs is 1. The van der Waals surface area contributed by atoms with Crippen LogP contribution in [-0.2, 0) is 11.8 Å². The Hall–Kier alpha value is -4.24. The highest BCUT2D eigenvalue weighted by atomic mass is 16.1. The third-order valence-corrected chi connectivity index (χ3v) is 5.98. The van der Waals surface area contributed by atoms with Crippen LogP contribution in [0.15, 0.2) is 61.3 Å². The first-order chi connectivity index (χ1) is 17.3. The van der Waals surface area contributed by atoms with Crippen LogP contribution in [0.5, 0.6) is 0 Å². The smallest absolute Gasteiger partial charge is 0.247 e. The maximum absolute atomic E-state index is 12.2. The van der Waals surface area contributed by atoms with E-state index in [-0.39, 0.29) is 5.91 Å². The lowest BCUT2D eigenvalue weighted by Crippen LogP contribution is -2.29. The highest BCUT2D eigenvalue weighted by Crippen LogP contribution is 2.33. The number of hydrogen-bond donors (Lipinski definition) is 2. The Kier molecular flexibility index (Phi) is 7.30. The third-order valence-electron chi connectivity index (χ3n) is 5.98. The van der Waals surface area contributed by atoms with Crippen LogP contribution in [0.3, 0.4) is 0 Å². The average Bonchev–Trinajstić information content (AvgIpc) is 3.21. The van der Waals surface area contributed by atoms with E-state index < -0.39 is 0 Å². The summed E-state index contributed by atoms with van der Waals surface area (Å²) in [6.07, 6.45) is 2.98. The Labute approximate surface area is 211 Å². The summed E-state index contributed by atoms with van der Waals surface area (Å²) in [7, 11) is 8.01. The molecule has 0 atom stereocenters.